The molecule has 0 radical (unpaired) electrons. The number of hydrogen-bond acceptors (Lipinski definition) is 4. The van der Waals surface area contributed by atoms with Gasteiger partial charge in [-0.05, 0) is 26.0 Å². The van der Waals surface area contributed by atoms with Gasteiger partial charge in [-0.15, -0.1) is 0 Å². The average molecular weight is 290 g/mol. The zero-order chi connectivity index (χ0) is 15.4. The minimum atomic E-state index is -0.380. The number of nitrogens with one attached hydrogen (secondary N) is 1. The fourth-order valence-corrected chi connectivity index (χ4v) is 2.20. The molecule has 0 fully saturated rings. The maximum Gasteiger partial charge on any atom is 0.165 e. The smallest absolute Gasteiger partial charge is 0.165 e. The van der Waals surface area contributed by atoms with Crippen LogP contribution >= 0.6 is 0 Å². The Morgan fingerprint density at radius 3 is 2.62 bits per heavy atom. The molecule has 1 aromatic carbocycles. The number of pyridine rings is 1. The van der Waals surface area contributed by atoms with E-state index in [4.69, 9.17) is 9.47 Å². The summed E-state index contributed by atoms with van der Waals surface area (Å²) in [6, 6.07) is 4.66. The fraction of sp³-hybridized carbons (Fsp3) is 0.312. The van der Waals surface area contributed by atoms with E-state index in [1.165, 1.54) is 13.2 Å². The van der Waals surface area contributed by atoms with Gasteiger partial charge in [0.05, 0.1) is 26.5 Å². The zero-order valence-corrected chi connectivity index (χ0v) is 12.7. The van der Waals surface area contributed by atoms with Crippen LogP contribution < -0.4 is 14.8 Å². The van der Waals surface area contributed by atoms with Crippen molar-refractivity contribution in [1.82, 2.24) is 4.98 Å². The van der Waals surface area contributed by atoms with Crippen molar-refractivity contribution < 1.29 is 13.9 Å². The van der Waals surface area contributed by atoms with Crippen molar-refractivity contribution in [3.8, 4) is 11.5 Å². The summed E-state index contributed by atoms with van der Waals surface area (Å²) in [7, 11) is 3.09. The van der Waals surface area contributed by atoms with Crippen molar-refractivity contribution in [2.75, 3.05) is 19.5 Å². The standard InChI is InChI=1S/C16H19FN2O2/c1-10-8-19-14(11(2)16(10)21-4)9-18-12-5-6-13(17)15(7-12)20-3/h5-8,18H,9H2,1-4H3. The molecule has 2 rings (SSSR count). The Morgan fingerprint density at radius 2 is 1.95 bits per heavy atom. The van der Waals surface area contributed by atoms with Crippen molar-refractivity contribution >= 4 is 5.69 Å². The molecule has 0 saturated heterocycles. The highest BCUT2D eigenvalue weighted by Crippen LogP contribution is 2.25. The summed E-state index contributed by atoms with van der Waals surface area (Å²) in [5, 5.41) is 3.21. The molecule has 2 aromatic rings. The van der Waals surface area contributed by atoms with Crippen molar-refractivity contribution in [2.24, 2.45) is 0 Å². The fourth-order valence-electron chi connectivity index (χ4n) is 2.20. The molecule has 0 saturated carbocycles. The normalized spacial score (nSPS) is 10.3. The number of benzene rings is 1. The number of ether oxygens (including phenoxy) is 2. The minimum Gasteiger partial charge on any atom is -0.496 e. The minimum absolute atomic E-state index is 0.214. The Kier molecular flexibility index (Phi) is 4.62. The highest BCUT2D eigenvalue weighted by molar-refractivity contribution is 5.50. The van der Waals surface area contributed by atoms with Crippen LogP contribution in [-0.4, -0.2) is 19.2 Å². The number of rotatable bonds is 5. The van der Waals surface area contributed by atoms with Crippen LogP contribution in [0.25, 0.3) is 0 Å². The van der Waals surface area contributed by atoms with E-state index in [-0.39, 0.29) is 11.6 Å². The molecule has 0 aliphatic rings. The number of anilines is 1. The Bertz CT molecular complexity index is 644. The topological polar surface area (TPSA) is 43.4 Å². The maximum atomic E-state index is 13.4. The summed E-state index contributed by atoms with van der Waals surface area (Å²) in [6.45, 7) is 4.46. The summed E-state index contributed by atoms with van der Waals surface area (Å²) < 4.78 is 23.7. The van der Waals surface area contributed by atoms with Gasteiger partial charge in [0.1, 0.15) is 5.75 Å². The lowest BCUT2D eigenvalue weighted by atomic mass is 10.1. The van der Waals surface area contributed by atoms with Crippen LogP contribution in [0.15, 0.2) is 24.4 Å². The van der Waals surface area contributed by atoms with Gasteiger partial charge in [-0.1, -0.05) is 0 Å². The van der Waals surface area contributed by atoms with Gasteiger partial charge >= 0.3 is 0 Å². The summed E-state index contributed by atoms with van der Waals surface area (Å²) in [5.74, 6) is 0.680. The largest absolute Gasteiger partial charge is 0.496 e. The number of methoxy groups -OCH3 is 2. The SMILES string of the molecule is COc1cc(NCc2ncc(C)c(OC)c2C)ccc1F. The quantitative estimate of drug-likeness (QED) is 0.915. The second-order valence-electron chi connectivity index (χ2n) is 4.75. The van der Waals surface area contributed by atoms with E-state index in [9.17, 15) is 4.39 Å². The summed E-state index contributed by atoms with van der Waals surface area (Å²) in [4.78, 5) is 4.41. The van der Waals surface area contributed by atoms with Crippen LogP contribution in [0.5, 0.6) is 11.5 Å². The first-order chi connectivity index (χ1) is 10.1. The van der Waals surface area contributed by atoms with Gasteiger partial charge in [0.15, 0.2) is 11.6 Å². The Balaban J connectivity index is 2.17. The average Bonchev–Trinajstić information content (AvgIpc) is 2.48. The molecule has 0 bridgehead atoms. The number of halogens is 1. The lowest BCUT2D eigenvalue weighted by Gasteiger charge is -2.13. The van der Waals surface area contributed by atoms with Crippen LogP contribution in [0.3, 0.4) is 0 Å². The van der Waals surface area contributed by atoms with Gasteiger partial charge in [-0.3, -0.25) is 4.98 Å². The Labute approximate surface area is 123 Å². The van der Waals surface area contributed by atoms with Gasteiger partial charge in [0.25, 0.3) is 0 Å². The first kappa shape index (κ1) is 15.1. The third-order valence-corrected chi connectivity index (χ3v) is 3.36. The van der Waals surface area contributed by atoms with E-state index < -0.39 is 0 Å². The van der Waals surface area contributed by atoms with Crippen LogP contribution in [0, 0.1) is 19.7 Å². The van der Waals surface area contributed by atoms with E-state index >= 15 is 0 Å². The van der Waals surface area contributed by atoms with Gasteiger partial charge in [-0.2, -0.15) is 0 Å². The van der Waals surface area contributed by atoms with Gasteiger partial charge in [0.2, 0.25) is 0 Å². The van der Waals surface area contributed by atoms with Crippen molar-refractivity contribution in [3.05, 3.63) is 47.0 Å². The van der Waals surface area contributed by atoms with Crippen molar-refractivity contribution in [1.29, 1.82) is 0 Å². The Hall–Kier alpha value is -2.30. The third kappa shape index (κ3) is 3.24. The van der Waals surface area contributed by atoms with Crippen LogP contribution in [0.4, 0.5) is 10.1 Å². The molecule has 4 nitrogen and oxygen atoms in total. The predicted molar refractivity (Wildman–Crippen MR) is 80.5 cm³/mol. The maximum absolute atomic E-state index is 13.4. The molecule has 0 aliphatic heterocycles. The number of aryl methyl sites for hydroxylation is 1. The molecule has 1 aromatic heterocycles. The molecule has 0 unspecified atom stereocenters. The zero-order valence-electron chi connectivity index (χ0n) is 12.7. The molecule has 1 heterocycles. The number of aromatic nitrogens is 1. The monoisotopic (exact) mass is 290 g/mol. The molecule has 0 spiro atoms. The third-order valence-electron chi connectivity index (χ3n) is 3.36. The summed E-state index contributed by atoms with van der Waals surface area (Å²) >= 11 is 0. The van der Waals surface area contributed by atoms with Crippen molar-refractivity contribution in [2.45, 2.75) is 20.4 Å². The summed E-state index contributed by atoms with van der Waals surface area (Å²) in [5.41, 5.74) is 3.66. The first-order valence-electron chi connectivity index (χ1n) is 6.63. The molecular formula is C16H19FN2O2. The van der Waals surface area contributed by atoms with Gasteiger partial charge in [0, 0.05) is 29.1 Å². The van der Waals surface area contributed by atoms with Crippen molar-refractivity contribution in [3.63, 3.8) is 0 Å². The highest BCUT2D eigenvalue weighted by Gasteiger charge is 2.10. The van der Waals surface area contributed by atoms with Gasteiger partial charge in [-0.25, -0.2) is 4.39 Å². The Morgan fingerprint density at radius 1 is 1.19 bits per heavy atom. The van der Waals surface area contributed by atoms with Crippen LogP contribution in [0.2, 0.25) is 0 Å². The van der Waals surface area contributed by atoms with Crippen LogP contribution in [-0.2, 0) is 6.54 Å². The highest BCUT2D eigenvalue weighted by atomic mass is 19.1. The van der Waals surface area contributed by atoms with Gasteiger partial charge < -0.3 is 14.8 Å². The molecule has 21 heavy (non-hydrogen) atoms. The molecular weight excluding hydrogens is 271 g/mol. The van der Waals surface area contributed by atoms with E-state index in [0.717, 1.165) is 28.3 Å². The first-order valence-corrected chi connectivity index (χ1v) is 6.63. The van der Waals surface area contributed by atoms with E-state index in [1.807, 2.05) is 13.8 Å². The van der Waals surface area contributed by atoms with E-state index in [2.05, 4.69) is 10.3 Å². The molecule has 0 aliphatic carbocycles. The lowest BCUT2D eigenvalue weighted by Crippen LogP contribution is -2.06. The predicted octanol–water partition coefficient (Wildman–Crippen LogP) is 3.47. The molecule has 112 valence electrons. The van der Waals surface area contributed by atoms with E-state index in [1.54, 1.807) is 25.4 Å². The lowest BCUT2D eigenvalue weighted by molar-refractivity contribution is 0.387. The van der Waals surface area contributed by atoms with Crippen LogP contribution in [0.1, 0.15) is 16.8 Å². The molecule has 1 N–H and O–H groups in total. The van der Waals surface area contributed by atoms with E-state index in [0.29, 0.717) is 6.54 Å². The second kappa shape index (κ2) is 6.43. The number of hydrogen-bond donors (Lipinski definition) is 1. The second-order valence-corrected chi connectivity index (χ2v) is 4.75. The number of nitrogens with zero attached hydrogens (tertiary/aromatic N) is 1. The summed E-state index contributed by atoms with van der Waals surface area (Å²) in [6.07, 6.45) is 1.79. The molecule has 0 atom stereocenters. The molecule has 5 heteroatoms. The molecule has 0 amide bonds.